The maximum Gasteiger partial charge on any atom is 0.270 e. The number of carbonyl (C=O) groups excluding carboxylic acids is 3. The second-order valence-electron chi connectivity index (χ2n) is 8.73. The molecule has 1 unspecified atom stereocenters. The van der Waals surface area contributed by atoms with Crippen molar-refractivity contribution >= 4 is 23.4 Å². The van der Waals surface area contributed by atoms with E-state index in [-0.39, 0.29) is 34.3 Å². The Hall–Kier alpha value is -3.69. The molecule has 0 bridgehead atoms. The van der Waals surface area contributed by atoms with Crippen molar-refractivity contribution in [2.45, 2.75) is 25.7 Å². The number of halogens is 2. The topological polar surface area (TPSA) is 110 Å². The molecule has 1 fully saturated rings. The molecular weight excluding hydrogens is 424 g/mol. The fraction of sp³-hybridized carbons (Fsp3) is 0.318. The maximum atomic E-state index is 14.4. The summed E-state index contributed by atoms with van der Waals surface area (Å²) in [5.41, 5.74) is -1.30. The van der Waals surface area contributed by atoms with E-state index in [1.807, 2.05) is 13.8 Å². The van der Waals surface area contributed by atoms with Gasteiger partial charge < -0.3 is 5.32 Å². The fourth-order valence-corrected chi connectivity index (χ4v) is 4.43. The minimum atomic E-state index is -0.796. The van der Waals surface area contributed by atoms with Crippen LogP contribution in [0.4, 0.5) is 14.5 Å². The first-order valence-corrected chi connectivity index (χ1v) is 9.84. The van der Waals surface area contributed by atoms with Crippen molar-refractivity contribution in [3.05, 3.63) is 74.8 Å². The Labute approximate surface area is 181 Å². The molecule has 1 atom stereocenters. The number of imide groups is 1. The highest BCUT2D eigenvalue weighted by Gasteiger charge is 2.62. The lowest BCUT2D eigenvalue weighted by Crippen LogP contribution is -2.43. The number of carbonyl (C=O) groups is 3. The zero-order chi connectivity index (χ0) is 23.4. The van der Waals surface area contributed by atoms with Gasteiger partial charge in [0.2, 0.25) is 5.91 Å². The van der Waals surface area contributed by atoms with Crippen LogP contribution in [0.5, 0.6) is 0 Å². The summed E-state index contributed by atoms with van der Waals surface area (Å²) in [6.07, 6.45) is 0.555. The fourth-order valence-electron chi connectivity index (χ4n) is 4.43. The Kier molecular flexibility index (Phi) is 4.83. The van der Waals surface area contributed by atoms with Gasteiger partial charge in [-0.25, -0.2) is 8.78 Å². The molecule has 2 aromatic carbocycles. The zero-order valence-corrected chi connectivity index (χ0v) is 17.3. The van der Waals surface area contributed by atoms with Gasteiger partial charge in [0.15, 0.2) is 0 Å². The van der Waals surface area contributed by atoms with Crippen LogP contribution in [0.3, 0.4) is 0 Å². The monoisotopic (exact) mass is 443 g/mol. The van der Waals surface area contributed by atoms with Crippen molar-refractivity contribution in [2.24, 2.45) is 5.41 Å². The minimum absolute atomic E-state index is 0.0124. The number of fused-ring (bicyclic) bond motifs is 1. The molecule has 10 heteroatoms. The molecule has 1 heterocycles. The van der Waals surface area contributed by atoms with Gasteiger partial charge in [-0.05, 0) is 29.5 Å². The zero-order valence-electron chi connectivity index (χ0n) is 17.3. The minimum Gasteiger partial charge on any atom is -0.354 e. The summed E-state index contributed by atoms with van der Waals surface area (Å²) in [6, 6.07) is 6.63. The molecule has 0 aromatic heterocycles. The van der Waals surface area contributed by atoms with E-state index in [2.05, 4.69) is 5.32 Å². The van der Waals surface area contributed by atoms with Crippen molar-refractivity contribution < 1.29 is 28.1 Å². The Bertz CT molecular complexity index is 1200. The first kappa shape index (κ1) is 21.5. The third-order valence-electron chi connectivity index (χ3n) is 6.42. The molecule has 1 aliphatic carbocycles. The van der Waals surface area contributed by atoms with Gasteiger partial charge in [0.1, 0.15) is 18.2 Å². The number of amides is 3. The average molecular weight is 443 g/mol. The molecule has 4 rings (SSSR count). The lowest BCUT2D eigenvalue weighted by molar-refractivity contribution is -0.384. The number of nitro benzene ring substituents is 1. The van der Waals surface area contributed by atoms with Crippen molar-refractivity contribution in [1.29, 1.82) is 0 Å². The molecule has 0 radical (unpaired) electrons. The van der Waals surface area contributed by atoms with E-state index in [1.165, 1.54) is 12.1 Å². The van der Waals surface area contributed by atoms with Crippen LogP contribution in [0.1, 0.15) is 46.5 Å². The Morgan fingerprint density at radius 1 is 1.12 bits per heavy atom. The first-order valence-electron chi connectivity index (χ1n) is 9.84. The van der Waals surface area contributed by atoms with E-state index in [9.17, 15) is 33.3 Å². The highest BCUT2D eigenvalue weighted by molar-refractivity contribution is 6.22. The van der Waals surface area contributed by atoms with E-state index in [4.69, 9.17) is 0 Å². The average Bonchev–Trinajstić information content (AvgIpc) is 3.21. The number of non-ortho nitro benzene ring substituents is 1. The summed E-state index contributed by atoms with van der Waals surface area (Å²) >= 11 is 0. The van der Waals surface area contributed by atoms with Gasteiger partial charge in [-0.1, -0.05) is 19.9 Å². The van der Waals surface area contributed by atoms with E-state index in [1.54, 1.807) is 0 Å². The quantitative estimate of drug-likeness (QED) is 0.419. The lowest BCUT2D eigenvalue weighted by atomic mass is 9.87. The number of hydrogen-bond acceptors (Lipinski definition) is 5. The molecule has 0 saturated heterocycles. The van der Waals surface area contributed by atoms with E-state index < -0.39 is 46.2 Å². The van der Waals surface area contributed by atoms with Crippen molar-refractivity contribution in [3.63, 3.8) is 0 Å². The molecule has 0 spiro atoms. The summed E-state index contributed by atoms with van der Waals surface area (Å²) in [5, 5.41) is 13.6. The number of nitrogens with zero attached hydrogens (tertiary/aromatic N) is 2. The van der Waals surface area contributed by atoms with Crippen LogP contribution in [0, 0.1) is 27.2 Å². The van der Waals surface area contributed by atoms with Gasteiger partial charge >= 0.3 is 0 Å². The Balaban J connectivity index is 1.48. The first-order chi connectivity index (χ1) is 15.0. The number of nitro groups is 1. The SMILES string of the molecule is CC1(C)CC1(CNC(=O)CN1C(=O)c2ccc([N+](=O)[O-])cc2C1=O)c1ccc(F)cc1F. The third-order valence-corrected chi connectivity index (χ3v) is 6.42. The van der Waals surface area contributed by atoms with Crippen LogP contribution < -0.4 is 5.32 Å². The van der Waals surface area contributed by atoms with Gasteiger partial charge in [-0.2, -0.15) is 0 Å². The predicted molar refractivity (Wildman–Crippen MR) is 108 cm³/mol. The molecule has 2 aromatic rings. The highest BCUT2D eigenvalue weighted by atomic mass is 19.1. The van der Waals surface area contributed by atoms with Crippen LogP contribution in [0.2, 0.25) is 0 Å². The standard InChI is InChI=1S/C22H19F2N3O5/c1-21(2)10-22(21,16-6-3-12(23)7-17(16)24)11-25-18(28)9-26-19(29)14-5-4-13(27(31)32)8-15(14)20(26)30/h3-8H,9-11H2,1-2H3,(H,25,28). The number of rotatable bonds is 6. The molecule has 32 heavy (non-hydrogen) atoms. The van der Waals surface area contributed by atoms with E-state index in [0.717, 1.165) is 24.3 Å². The predicted octanol–water partition coefficient (Wildman–Crippen LogP) is 2.95. The number of benzene rings is 2. The molecule has 2 aliphatic rings. The van der Waals surface area contributed by atoms with Gasteiger partial charge in [0.05, 0.1) is 16.1 Å². The molecule has 1 saturated carbocycles. The van der Waals surface area contributed by atoms with E-state index >= 15 is 0 Å². The molecule has 1 N–H and O–H groups in total. The molecule has 166 valence electrons. The van der Waals surface area contributed by atoms with Crippen LogP contribution in [-0.2, 0) is 10.2 Å². The van der Waals surface area contributed by atoms with Gasteiger partial charge in [0, 0.05) is 30.2 Å². The van der Waals surface area contributed by atoms with Crippen molar-refractivity contribution in [3.8, 4) is 0 Å². The van der Waals surface area contributed by atoms with Crippen LogP contribution in [0.15, 0.2) is 36.4 Å². The molecule has 3 amide bonds. The van der Waals surface area contributed by atoms with Gasteiger partial charge in [-0.15, -0.1) is 0 Å². The Morgan fingerprint density at radius 2 is 1.78 bits per heavy atom. The normalized spacial score (nSPS) is 20.8. The highest BCUT2D eigenvalue weighted by Crippen LogP contribution is 2.64. The van der Waals surface area contributed by atoms with Gasteiger partial charge in [0.25, 0.3) is 17.5 Å². The smallest absolute Gasteiger partial charge is 0.270 e. The third kappa shape index (κ3) is 3.31. The molecule has 8 nitrogen and oxygen atoms in total. The summed E-state index contributed by atoms with van der Waals surface area (Å²) in [7, 11) is 0. The van der Waals surface area contributed by atoms with Crippen LogP contribution in [-0.4, -0.2) is 40.6 Å². The summed E-state index contributed by atoms with van der Waals surface area (Å²) < 4.78 is 27.8. The molecular formula is C22H19F2N3O5. The van der Waals surface area contributed by atoms with Crippen LogP contribution >= 0.6 is 0 Å². The summed E-state index contributed by atoms with van der Waals surface area (Å²) in [6.45, 7) is 3.26. The second-order valence-corrected chi connectivity index (χ2v) is 8.73. The summed E-state index contributed by atoms with van der Waals surface area (Å²) in [5.74, 6) is -3.56. The molecule has 1 aliphatic heterocycles. The lowest BCUT2D eigenvalue weighted by Gasteiger charge is -2.23. The maximum absolute atomic E-state index is 14.4. The van der Waals surface area contributed by atoms with Crippen molar-refractivity contribution in [2.75, 3.05) is 13.1 Å². The van der Waals surface area contributed by atoms with Crippen LogP contribution in [0.25, 0.3) is 0 Å². The van der Waals surface area contributed by atoms with Gasteiger partial charge in [-0.3, -0.25) is 29.4 Å². The van der Waals surface area contributed by atoms with Crippen molar-refractivity contribution in [1.82, 2.24) is 10.2 Å². The summed E-state index contributed by atoms with van der Waals surface area (Å²) in [4.78, 5) is 48.6. The Morgan fingerprint density at radius 3 is 2.38 bits per heavy atom. The second kappa shape index (κ2) is 7.18. The number of hydrogen-bond donors (Lipinski definition) is 1. The largest absolute Gasteiger partial charge is 0.354 e. The number of nitrogens with one attached hydrogen (secondary N) is 1. The van der Waals surface area contributed by atoms with E-state index in [0.29, 0.717) is 11.3 Å².